The van der Waals surface area contributed by atoms with Crippen LogP contribution in [-0.4, -0.2) is 47.0 Å². The molecule has 0 aliphatic rings. The predicted octanol–water partition coefficient (Wildman–Crippen LogP) is 3.65. The molecule has 3 rings (SSSR count). The van der Waals surface area contributed by atoms with Crippen LogP contribution >= 0.6 is 22.6 Å². The first-order valence-electron chi connectivity index (χ1n) is 9.27. The SMILES string of the molecule is CN(C)C/C=C/Nc1ccc(CN=Cc2c(O)[nH]c(=O)c3ccc(I)cc23)cc1O. The molecule has 0 atom stereocenters. The summed E-state index contributed by atoms with van der Waals surface area (Å²) in [6.07, 6.45) is 5.29. The van der Waals surface area contributed by atoms with Crippen LogP contribution in [0.4, 0.5) is 5.69 Å². The highest BCUT2D eigenvalue weighted by atomic mass is 127. The number of H-pyrrole nitrogens is 1. The van der Waals surface area contributed by atoms with Gasteiger partial charge in [-0.15, -0.1) is 0 Å². The second-order valence-corrected chi connectivity index (χ2v) is 8.28. The quantitative estimate of drug-likeness (QED) is 0.218. The average Bonchev–Trinajstić information content (AvgIpc) is 2.68. The van der Waals surface area contributed by atoms with Crippen LogP contribution in [0.3, 0.4) is 0 Å². The first-order chi connectivity index (χ1) is 14.3. The number of nitrogens with one attached hydrogen (secondary N) is 2. The molecule has 30 heavy (non-hydrogen) atoms. The summed E-state index contributed by atoms with van der Waals surface area (Å²) < 4.78 is 0.951. The molecule has 0 saturated heterocycles. The molecule has 4 N–H and O–H groups in total. The molecule has 3 aromatic rings. The number of aromatic hydroxyl groups is 2. The number of aromatic nitrogens is 1. The fraction of sp³-hybridized carbons (Fsp3) is 0.182. The minimum Gasteiger partial charge on any atom is -0.506 e. The van der Waals surface area contributed by atoms with Gasteiger partial charge in [-0.2, -0.15) is 0 Å². The minimum absolute atomic E-state index is 0.129. The molecule has 0 amide bonds. The molecule has 8 heteroatoms. The topological polar surface area (TPSA) is 101 Å². The Morgan fingerprint density at radius 2 is 1.97 bits per heavy atom. The van der Waals surface area contributed by atoms with E-state index in [0.717, 1.165) is 15.7 Å². The molecule has 1 heterocycles. The fourth-order valence-electron chi connectivity index (χ4n) is 2.89. The summed E-state index contributed by atoms with van der Waals surface area (Å²) in [5, 5.41) is 24.6. The normalized spacial score (nSPS) is 11.9. The number of hydrogen-bond acceptors (Lipinski definition) is 6. The van der Waals surface area contributed by atoms with E-state index in [1.807, 2.05) is 43.3 Å². The Morgan fingerprint density at radius 3 is 2.70 bits per heavy atom. The van der Waals surface area contributed by atoms with Crippen LogP contribution < -0.4 is 10.9 Å². The maximum atomic E-state index is 12.1. The number of nitrogens with zero attached hydrogens (tertiary/aromatic N) is 2. The van der Waals surface area contributed by atoms with Gasteiger partial charge in [-0.05, 0) is 78.8 Å². The van der Waals surface area contributed by atoms with Crippen molar-refractivity contribution >= 4 is 45.3 Å². The number of benzene rings is 2. The number of pyridine rings is 1. The highest BCUT2D eigenvalue weighted by molar-refractivity contribution is 14.1. The molecule has 1 aromatic heterocycles. The standard InChI is InChI=1S/C22H23IN4O3/c1-27(2)9-3-8-25-19-7-4-14(10-20(19)28)12-24-13-18-17-11-15(23)5-6-16(17)21(29)26-22(18)30/h3-8,10-11,13,25,28H,9,12H2,1-2H3,(H2,26,29,30)/b8-3+,24-13?. The number of halogens is 1. The minimum atomic E-state index is -0.344. The van der Waals surface area contributed by atoms with E-state index in [1.54, 1.807) is 24.4 Å². The van der Waals surface area contributed by atoms with Crippen molar-refractivity contribution in [2.75, 3.05) is 26.0 Å². The molecule has 0 saturated carbocycles. The third-order valence-electron chi connectivity index (χ3n) is 4.39. The number of aromatic amines is 1. The lowest BCUT2D eigenvalue weighted by atomic mass is 10.1. The Kier molecular flexibility index (Phi) is 7.11. The number of fused-ring (bicyclic) bond motifs is 1. The first-order valence-corrected chi connectivity index (χ1v) is 10.4. The van der Waals surface area contributed by atoms with Gasteiger partial charge in [0.05, 0.1) is 17.8 Å². The van der Waals surface area contributed by atoms with Crippen LogP contribution in [0.1, 0.15) is 11.1 Å². The van der Waals surface area contributed by atoms with Crippen LogP contribution in [-0.2, 0) is 6.54 Å². The lowest BCUT2D eigenvalue weighted by Crippen LogP contribution is -2.10. The molecule has 156 valence electrons. The van der Waals surface area contributed by atoms with E-state index in [2.05, 4.69) is 37.9 Å². The van der Waals surface area contributed by atoms with Gasteiger partial charge in [-0.25, -0.2) is 0 Å². The van der Waals surface area contributed by atoms with Crippen molar-refractivity contribution in [1.82, 2.24) is 9.88 Å². The van der Waals surface area contributed by atoms with Gasteiger partial charge >= 0.3 is 0 Å². The molecular formula is C22H23IN4O3. The van der Waals surface area contributed by atoms with Crippen LogP contribution in [0.25, 0.3) is 10.8 Å². The predicted molar refractivity (Wildman–Crippen MR) is 130 cm³/mol. The lowest BCUT2D eigenvalue weighted by molar-refractivity contribution is 0.452. The largest absolute Gasteiger partial charge is 0.506 e. The van der Waals surface area contributed by atoms with Gasteiger partial charge in [0.2, 0.25) is 5.88 Å². The highest BCUT2D eigenvalue weighted by Gasteiger charge is 2.09. The monoisotopic (exact) mass is 518 g/mol. The molecule has 0 aliphatic carbocycles. The fourth-order valence-corrected chi connectivity index (χ4v) is 3.38. The molecule has 0 fully saturated rings. The van der Waals surface area contributed by atoms with E-state index >= 15 is 0 Å². The van der Waals surface area contributed by atoms with Gasteiger partial charge in [-0.3, -0.25) is 14.8 Å². The maximum Gasteiger partial charge on any atom is 0.258 e. The van der Waals surface area contributed by atoms with Gasteiger partial charge in [0.15, 0.2) is 0 Å². The van der Waals surface area contributed by atoms with Crippen molar-refractivity contribution < 1.29 is 10.2 Å². The maximum absolute atomic E-state index is 12.1. The van der Waals surface area contributed by atoms with Crippen molar-refractivity contribution in [3.63, 3.8) is 0 Å². The second-order valence-electron chi connectivity index (χ2n) is 7.04. The summed E-state index contributed by atoms with van der Waals surface area (Å²) in [5.74, 6) is -0.0887. The molecule has 2 aromatic carbocycles. The zero-order valence-corrected chi connectivity index (χ0v) is 18.8. The smallest absolute Gasteiger partial charge is 0.258 e. The van der Waals surface area contributed by atoms with Crippen molar-refractivity contribution in [2.45, 2.75) is 6.54 Å². The summed E-state index contributed by atoms with van der Waals surface area (Å²) in [6.45, 7) is 1.11. The number of rotatable bonds is 7. The Bertz CT molecular complexity index is 1170. The van der Waals surface area contributed by atoms with Gasteiger partial charge in [-0.1, -0.05) is 12.1 Å². The number of hydrogen-bond donors (Lipinski definition) is 4. The summed E-state index contributed by atoms with van der Waals surface area (Å²) in [4.78, 5) is 20.9. The van der Waals surface area contributed by atoms with Crippen molar-refractivity contribution in [3.05, 3.63) is 73.7 Å². The molecule has 0 spiro atoms. The van der Waals surface area contributed by atoms with E-state index < -0.39 is 0 Å². The van der Waals surface area contributed by atoms with Gasteiger partial charge in [0.1, 0.15) is 5.75 Å². The summed E-state index contributed by atoms with van der Waals surface area (Å²) in [6, 6.07) is 10.7. The second kappa shape index (κ2) is 9.77. The molecule has 0 radical (unpaired) electrons. The van der Waals surface area contributed by atoms with Crippen LogP contribution in [0.15, 0.2) is 58.5 Å². The van der Waals surface area contributed by atoms with Crippen molar-refractivity contribution in [2.24, 2.45) is 4.99 Å². The Hall–Kier alpha value is -2.85. The van der Waals surface area contributed by atoms with Crippen LogP contribution in [0, 0.1) is 3.57 Å². The Balaban J connectivity index is 1.76. The first kappa shape index (κ1) is 21.8. The molecule has 0 unspecified atom stereocenters. The lowest BCUT2D eigenvalue weighted by Gasteiger charge is -2.08. The number of phenols is 1. The van der Waals surface area contributed by atoms with E-state index in [0.29, 0.717) is 28.6 Å². The Labute approximate surface area is 187 Å². The van der Waals surface area contributed by atoms with E-state index in [4.69, 9.17) is 0 Å². The Morgan fingerprint density at radius 1 is 1.17 bits per heavy atom. The van der Waals surface area contributed by atoms with Crippen molar-refractivity contribution in [3.8, 4) is 11.6 Å². The van der Waals surface area contributed by atoms with E-state index in [-0.39, 0.29) is 17.2 Å². The zero-order valence-electron chi connectivity index (χ0n) is 16.7. The van der Waals surface area contributed by atoms with Crippen LogP contribution in [0.5, 0.6) is 11.6 Å². The molecule has 0 bridgehead atoms. The van der Waals surface area contributed by atoms with E-state index in [1.165, 1.54) is 6.21 Å². The number of likely N-dealkylation sites (N-methyl/N-ethyl adjacent to an activating group) is 1. The zero-order chi connectivity index (χ0) is 21.7. The van der Waals surface area contributed by atoms with Gasteiger partial charge in [0, 0.05) is 27.1 Å². The summed E-state index contributed by atoms with van der Waals surface area (Å²) in [5.41, 5.74) is 1.53. The summed E-state index contributed by atoms with van der Waals surface area (Å²) >= 11 is 2.16. The number of phenolic OH excluding ortho intramolecular Hbond substituents is 1. The number of anilines is 1. The van der Waals surface area contributed by atoms with Crippen molar-refractivity contribution in [1.29, 1.82) is 0 Å². The molecule has 7 nitrogen and oxygen atoms in total. The third kappa shape index (κ3) is 5.39. The summed E-state index contributed by atoms with van der Waals surface area (Å²) in [7, 11) is 3.96. The van der Waals surface area contributed by atoms with Gasteiger partial charge < -0.3 is 20.4 Å². The molecule has 0 aliphatic heterocycles. The third-order valence-corrected chi connectivity index (χ3v) is 5.06. The van der Waals surface area contributed by atoms with Gasteiger partial charge in [0.25, 0.3) is 5.56 Å². The number of aliphatic imine (C=N–C) groups is 1. The highest BCUT2D eigenvalue weighted by Crippen LogP contribution is 2.25. The average molecular weight is 518 g/mol. The van der Waals surface area contributed by atoms with E-state index in [9.17, 15) is 15.0 Å². The molecular weight excluding hydrogens is 495 g/mol. The van der Waals surface area contributed by atoms with Crippen LogP contribution in [0.2, 0.25) is 0 Å².